The van der Waals surface area contributed by atoms with Gasteiger partial charge in [0.25, 0.3) is 0 Å². The fourth-order valence-corrected chi connectivity index (χ4v) is 5.58. The Labute approximate surface area is 212 Å². The Morgan fingerprint density at radius 1 is 1.22 bits per heavy atom. The van der Waals surface area contributed by atoms with Crippen LogP contribution in [0.15, 0.2) is 42.5 Å². The highest BCUT2D eigenvalue weighted by Gasteiger charge is 2.22. The Morgan fingerprint density at radius 3 is 2.75 bits per heavy atom. The van der Waals surface area contributed by atoms with E-state index in [1.807, 2.05) is 43.7 Å². The lowest BCUT2D eigenvalue weighted by atomic mass is 10.0. The lowest BCUT2D eigenvalue weighted by Gasteiger charge is -2.26. The molecule has 9 heteroatoms. The van der Waals surface area contributed by atoms with Gasteiger partial charge in [-0.05, 0) is 43.5 Å². The fraction of sp³-hybridized carbons (Fsp3) is 0.296. The molecule has 0 atom stereocenters. The summed E-state index contributed by atoms with van der Waals surface area (Å²) in [5, 5.41) is 9.38. The molecule has 0 spiro atoms. The van der Waals surface area contributed by atoms with Crippen LogP contribution in [-0.4, -0.2) is 43.6 Å². The van der Waals surface area contributed by atoms with Crippen LogP contribution in [-0.2, 0) is 20.2 Å². The molecular formula is C27H27FN4O3S. The Balaban J connectivity index is 1.24. The number of nitrogens with zero attached hydrogens (tertiary/aromatic N) is 4. The van der Waals surface area contributed by atoms with Gasteiger partial charge in [0.2, 0.25) is 5.88 Å². The topological polar surface area (TPSA) is 80.5 Å². The summed E-state index contributed by atoms with van der Waals surface area (Å²) in [7, 11) is 1.94. The normalized spacial score (nSPS) is 14.3. The monoisotopic (exact) mass is 506 g/mol. The van der Waals surface area contributed by atoms with Crippen molar-refractivity contribution in [3.05, 3.63) is 81.4 Å². The molecule has 4 aromatic rings. The van der Waals surface area contributed by atoms with Crippen LogP contribution >= 0.6 is 11.3 Å². The van der Waals surface area contributed by atoms with Gasteiger partial charge in [0.1, 0.15) is 28.0 Å². The van der Waals surface area contributed by atoms with Crippen LogP contribution in [0, 0.1) is 19.7 Å². The highest BCUT2D eigenvalue weighted by molar-refractivity contribution is 7.20. The molecule has 4 heterocycles. The number of halogens is 1. The molecule has 1 aromatic carbocycles. The van der Waals surface area contributed by atoms with Crippen LogP contribution in [0.1, 0.15) is 44.3 Å². The van der Waals surface area contributed by atoms with E-state index in [1.165, 1.54) is 17.4 Å². The first kappa shape index (κ1) is 24.1. The van der Waals surface area contributed by atoms with Crippen LogP contribution in [0.4, 0.5) is 4.39 Å². The zero-order valence-electron chi connectivity index (χ0n) is 20.4. The highest BCUT2D eigenvalue weighted by Crippen LogP contribution is 2.31. The number of rotatable bonds is 7. The summed E-state index contributed by atoms with van der Waals surface area (Å²) < 4.78 is 21.9. The van der Waals surface area contributed by atoms with Crippen molar-refractivity contribution in [1.82, 2.24) is 19.4 Å². The average molecular weight is 507 g/mol. The molecule has 1 N–H and O–H groups in total. The maximum absolute atomic E-state index is 14.1. The summed E-state index contributed by atoms with van der Waals surface area (Å²) in [6, 6.07) is 10.8. The minimum absolute atomic E-state index is 0.129. The predicted octanol–water partition coefficient (Wildman–Crippen LogP) is 5.35. The lowest BCUT2D eigenvalue weighted by molar-refractivity contribution is 0.0701. The van der Waals surface area contributed by atoms with E-state index in [0.717, 1.165) is 58.1 Å². The second-order valence-electron chi connectivity index (χ2n) is 9.06. The number of aromatic carboxylic acids is 1. The van der Waals surface area contributed by atoms with Crippen molar-refractivity contribution in [2.45, 2.75) is 33.4 Å². The molecule has 3 aromatic heterocycles. The number of aryl methyl sites for hydroxylation is 3. The van der Waals surface area contributed by atoms with Crippen molar-refractivity contribution in [3.63, 3.8) is 0 Å². The van der Waals surface area contributed by atoms with Gasteiger partial charge in [-0.25, -0.2) is 19.2 Å². The third-order valence-electron chi connectivity index (χ3n) is 6.54. The van der Waals surface area contributed by atoms with Crippen molar-refractivity contribution in [2.24, 2.45) is 7.05 Å². The number of fused-ring (bicyclic) bond motifs is 1. The number of carboxylic acid groups (broad SMARTS) is 1. The zero-order valence-corrected chi connectivity index (χ0v) is 21.2. The minimum atomic E-state index is -0.906. The first-order chi connectivity index (χ1) is 17.3. The van der Waals surface area contributed by atoms with Gasteiger partial charge in [-0.2, -0.15) is 0 Å². The molecule has 186 valence electrons. The van der Waals surface area contributed by atoms with E-state index in [0.29, 0.717) is 22.9 Å². The van der Waals surface area contributed by atoms with Crippen molar-refractivity contribution >= 4 is 33.2 Å². The van der Waals surface area contributed by atoms with E-state index in [1.54, 1.807) is 12.1 Å². The largest absolute Gasteiger partial charge is 0.477 e. The summed E-state index contributed by atoms with van der Waals surface area (Å²) in [6.07, 6.45) is 3.01. The number of benzene rings is 1. The zero-order chi connectivity index (χ0) is 25.4. The molecule has 0 aliphatic carbocycles. The fourth-order valence-electron chi connectivity index (χ4n) is 4.51. The summed E-state index contributed by atoms with van der Waals surface area (Å²) in [5.41, 5.74) is 5.06. The number of imidazole rings is 1. The third-order valence-corrected chi connectivity index (χ3v) is 7.70. The van der Waals surface area contributed by atoms with Gasteiger partial charge >= 0.3 is 5.97 Å². The quantitative estimate of drug-likeness (QED) is 0.364. The molecule has 0 saturated heterocycles. The number of pyridine rings is 1. The van der Waals surface area contributed by atoms with Crippen LogP contribution < -0.4 is 4.74 Å². The van der Waals surface area contributed by atoms with E-state index in [9.17, 15) is 14.3 Å². The molecule has 0 fully saturated rings. The Hall–Kier alpha value is -3.56. The molecule has 0 bridgehead atoms. The van der Waals surface area contributed by atoms with Gasteiger partial charge < -0.3 is 14.4 Å². The van der Waals surface area contributed by atoms with Gasteiger partial charge in [0.05, 0.1) is 17.8 Å². The van der Waals surface area contributed by atoms with Gasteiger partial charge in [0, 0.05) is 37.3 Å². The first-order valence-electron chi connectivity index (χ1n) is 11.7. The summed E-state index contributed by atoms with van der Waals surface area (Å²) >= 11 is 1.23. The lowest BCUT2D eigenvalue weighted by Crippen LogP contribution is -2.29. The molecule has 0 amide bonds. The maximum atomic E-state index is 14.1. The Kier molecular flexibility index (Phi) is 6.59. The van der Waals surface area contributed by atoms with E-state index in [4.69, 9.17) is 9.72 Å². The molecule has 36 heavy (non-hydrogen) atoms. The van der Waals surface area contributed by atoms with Gasteiger partial charge in [-0.3, -0.25) is 4.90 Å². The minimum Gasteiger partial charge on any atom is -0.477 e. The molecule has 0 saturated carbocycles. The molecule has 1 aliphatic rings. The summed E-state index contributed by atoms with van der Waals surface area (Å²) in [6.45, 7) is 6.12. The summed E-state index contributed by atoms with van der Waals surface area (Å²) in [4.78, 5) is 24.2. The number of thiophene rings is 1. The van der Waals surface area contributed by atoms with Gasteiger partial charge in [0.15, 0.2) is 0 Å². The van der Waals surface area contributed by atoms with Crippen molar-refractivity contribution in [3.8, 4) is 5.88 Å². The van der Waals surface area contributed by atoms with Crippen LogP contribution in [0.3, 0.4) is 0 Å². The number of hydrogen-bond acceptors (Lipinski definition) is 6. The van der Waals surface area contributed by atoms with Crippen LogP contribution in [0.25, 0.3) is 15.9 Å². The van der Waals surface area contributed by atoms with E-state index < -0.39 is 5.97 Å². The first-order valence-corrected chi connectivity index (χ1v) is 12.6. The number of hydrogen-bond donors (Lipinski definition) is 1. The second kappa shape index (κ2) is 9.83. The number of carboxylic acids is 1. The smallest absolute Gasteiger partial charge is 0.346 e. The molecule has 0 unspecified atom stereocenters. The Morgan fingerprint density at radius 2 is 2.06 bits per heavy atom. The van der Waals surface area contributed by atoms with E-state index in [2.05, 4.69) is 16.0 Å². The number of aromatic nitrogens is 3. The third kappa shape index (κ3) is 4.76. The molecular weight excluding hydrogens is 479 g/mol. The second-order valence-corrected chi connectivity index (χ2v) is 10.1. The molecule has 7 nitrogen and oxygen atoms in total. The number of ether oxygens (including phenoxy) is 1. The summed E-state index contributed by atoms with van der Waals surface area (Å²) in [5.74, 6) is 0.215. The predicted molar refractivity (Wildman–Crippen MR) is 138 cm³/mol. The van der Waals surface area contributed by atoms with Crippen molar-refractivity contribution < 1.29 is 19.0 Å². The molecule has 0 radical (unpaired) electrons. The molecule has 1 aliphatic heterocycles. The van der Waals surface area contributed by atoms with Crippen LogP contribution in [0.5, 0.6) is 5.88 Å². The van der Waals surface area contributed by atoms with Gasteiger partial charge in [-0.15, -0.1) is 11.3 Å². The van der Waals surface area contributed by atoms with Crippen molar-refractivity contribution in [2.75, 3.05) is 13.1 Å². The molecule has 5 rings (SSSR count). The van der Waals surface area contributed by atoms with E-state index in [-0.39, 0.29) is 12.4 Å². The SMILES string of the molecule is Cc1ccc(COc2cccc(C3=CCN(Cc4nc5sc(C(=O)O)c(C)c5n4C)CC3)n2)c(F)c1. The maximum Gasteiger partial charge on any atom is 0.346 e. The Bertz CT molecular complexity index is 1490. The average Bonchev–Trinajstić information content (AvgIpc) is 3.35. The highest BCUT2D eigenvalue weighted by atomic mass is 32.1. The van der Waals surface area contributed by atoms with E-state index >= 15 is 0 Å². The van der Waals surface area contributed by atoms with Gasteiger partial charge in [-0.1, -0.05) is 24.3 Å². The van der Waals surface area contributed by atoms with Crippen molar-refractivity contribution in [1.29, 1.82) is 0 Å². The number of carbonyl (C=O) groups is 1. The van der Waals surface area contributed by atoms with Crippen LogP contribution in [0.2, 0.25) is 0 Å². The standard InChI is InChI=1S/C27H27FN4O3S/c1-16-7-8-19(20(28)13-16)15-35-23-6-4-5-21(29-23)18-9-11-32(12-10-18)14-22-30-26-24(31(22)3)17(2)25(36-26)27(33)34/h4-9,13H,10-12,14-15H2,1-3H3,(H,33,34).